The molecule has 0 saturated carbocycles. The number of amides is 1. The Morgan fingerprint density at radius 1 is 1.30 bits per heavy atom. The molecule has 2 aromatic carbocycles. The van der Waals surface area contributed by atoms with Crippen LogP contribution in [-0.4, -0.2) is 47.0 Å². The number of fused-ring (bicyclic) bond motifs is 2. The van der Waals surface area contributed by atoms with Crippen LogP contribution < -0.4 is 9.64 Å². The van der Waals surface area contributed by atoms with Gasteiger partial charge in [-0.15, -0.1) is 0 Å². The van der Waals surface area contributed by atoms with Gasteiger partial charge in [0, 0.05) is 40.9 Å². The highest BCUT2D eigenvalue weighted by molar-refractivity contribution is 6.38. The summed E-state index contributed by atoms with van der Waals surface area (Å²) < 4.78 is 5.46. The van der Waals surface area contributed by atoms with Crippen molar-refractivity contribution in [3.05, 3.63) is 52.0 Å². The Morgan fingerprint density at radius 3 is 2.78 bits per heavy atom. The van der Waals surface area contributed by atoms with Gasteiger partial charge in [-0.2, -0.15) is 0 Å². The first kappa shape index (κ1) is 17.6. The molecular weight excluding hydrogens is 374 g/mol. The molecule has 0 fully saturated rings. The number of hydrogen-bond acceptors (Lipinski definition) is 5. The zero-order valence-electron chi connectivity index (χ0n) is 14.1. The molecular formula is C19H16ClNO6. The van der Waals surface area contributed by atoms with Crippen LogP contribution in [0.5, 0.6) is 11.5 Å². The highest BCUT2D eigenvalue weighted by Crippen LogP contribution is 2.51. The molecule has 4 rings (SSSR count). The normalized spacial score (nSPS) is 20.1. The number of aliphatic hydroxyl groups is 1. The summed E-state index contributed by atoms with van der Waals surface area (Å²) in [7, 11) is 0. The van der Waals surface area contributed by atoms with E-state index in [1.54, 1.807) is 24.3 Å². The van der Waals surface area contributed by atoms with Crippen molar-refractivity contribution in [2.24, 2.45) is 0 Å². The van der Waals surface area contributed by atoms with Gasteiger partial charge in [0.05, 0.1) is 18.6 Å². The average molecular weight is 390 g/mol. The van der Waals surface area contributed by atoms with Crippen LogP contribution >= 0.6 is 11.6 Å². The fourth-order valence-corrected chi connectivity index (χ4v) is 4.32. The molecule has 27 heavy (non-hydrogen) atoms. The Labute approximate surface area is 159 Å². The maximum atomic E-state index is 12.2. The zero-order chi connectivity index (χ0) is 19.3. The third-order valence-electron chi connectivity index (χ3n) is 5.21. The second-order valence-electron chi connectivity index (χ2n) is 6.65. The average Bonchev–Trinajstić information content (AvgIpc) is 3.23. The molecule has 0 bridgehead atoms. The fourth-order valence-electron chi connectivity index (χ4n) is 3.97. The number of aliphatic hydroxyl groups excluding tert-OH is 1. The molecule has 0 aliphatic carbocycles. The second kappa shape index (κ2) is 6.14. The van der Waals surface area contributed by atoms with Crippen LogP contribution in [0.1, 0.15) is 16.7 Å². The molecule has 8 heteroatoms. The molecule has 140 valence electrons. The molecule has 0 radical (unpaired) electrons. The number of carboxylic acids is 1. The first-order valence-corrected chi connectivity index (χ1v) is 8.70. The summed E-state index contributed by atoms with van der Waals surface area (Å²) in [6.07, 6.45) is 0.650. The standard InChI is InChI=1S/C19H16ClNO6/c20-12-2-1-3-13-16(12)19(9-22,8-21(13)17(24)18(25)26)11-6-10-4-5-27-15(10)7-14(11)23/h1-3,6-7,22-23H,4-5,8-9H2,(H,25,26). The molecule has 7 nitrogen and oxygen atoms in total. The van der Waals surface area contributed by atoms with Gasteiger partial charge in [-0.05, 0) is 23.8 Å². The van der Waals surface area contributed by atoms with E-state index in [9.17, 15) is 24.9 Å². The van der Waals surface area contributed by atoms with Crippen LogP contribution in [-0.2, 0) is 21.4 Å². The number of halogens is 1. The van der Waals surface area contributed by atoms with Crippen molar-refractivity contribution in [2.45, 2.75) is 11.8 Å². The van der Waals surface area contributed by atoms with Gasteiger partial charge < -0.3 is 25.0 Å². The molecule has 2 aliphatic heterocycles. The number of phenolic OH excluding ortho intramolecular Hbond substituents is 1. The van der Waals surface area contributed by atoms with Gasteiger partial charge in [-0.3, -0.25) is 4.79 Å². The summed E-state index contributed by atoms with van der Waals surface area (Å²) >= 11 is 6.40. The van der Waals surface area contributed by atoms with Gasteiger partial charge in [0.2, 0.25) is 0 Å². The number of carboxylic acid groups (broad SMARTS) is 1. The minimum absolute atomic E-state index is 0.111. The van der Waals surface area contributed by atoms with Crippen molar-refractivity contribution in [1.82, 2.24) is 0 Å². The molecule has 1 unspecified atom stereocenters. The molecule has 2 aromatic rings. The van der Waals surface area contributed by atoms with Crippen molar-refractivity contribution >= 4 is 29.2 Å². The minimum Gasteiger partial charge on any atom is -0.507 e. The van der Waals surface area contributed by atoms with Crippen LogP contribution in [0.3, 0.4) is 0 Å². The van der Waals surface area contributed by atoms with Crippen molar-refractivity contribution in [3.63, 3.8) is 0 Å². The van der Waals surface area contributed by atoms with Gasteiger partial charge >= 0.3 is 11.9 Å². The summed E-state index contributed by atoms with van der Waals surface area (Å²) in [4.78, 5) is 24.6. The Morgan fingerprint density at radius 2 is 2.07 bits per heavy atom. The number of carbonyl (C=O) groups is 2. The van der Waals surface area contributed by atoms with E-state index in [4.69, 9.17) is 16.3 Å². The Kier molecular flexibility index (Phi) is 4.01. The first-order valence-electron chi connectivity index (χ1n) is 8.33. The Bertz CT molecular complexity index is 975. The number of aliphatic carboxylic acids is 1. The summed E-state index contributed by atoms with van der Waals surface area (Å²) in [5.41, 5.74) is 0.718. The van der Waals surface area contributed by atoms with Crippen molar-refractivity contribution in [2.75, 3.05) is 24.7 Å². The smallest absolute Gasteiger partial charge is 0.394 e. The highest BCUT2D eigenvalue weighted by Gasteiger charge is 2.49. The zero-order valence-corrected chi connectivity index (χ0v) is 14.9. The number of benzene rings is 2. The topological polar surface area (TPSA) is 107 Å². The van der Waals surface area contributed by atoms with Gasteiger partial charge in [-0.1, -0.05) is 17.7 Å². The minimum atomic E-state index is -1.61. The van der Waals surface area contributed by atoms with Gasteiger partial charge in [-0.25, -0.2) is 4.79 Å². The van der Waals surface area contributed by atoms with Crippen LogP contribution in [0.15, 0.2) is 30.3 Å². The SMILES string of the molecule is O=C(O)C(=O)N1CC(CO)(c2cc3c(cc2O)OCC3)c2c(Cl)cccc21. The highest BCUT2D eigenvalue weighted by atomic mass is 35.5. The van der Waals surface area contributed by atoms with E-state index in [1.165, 1.54) is 6.07 Å². The summed E-state index contributed by atoms with van der Waals surface area (Å²) in [6.45, 7) is -0.132. The van der Waals surface area contributed by atoms with Gasteiger partial charge in [0.1, 0.15) is 11.5 Å². The van der Waals surface area contributed by atoms with Gasteiger partial charge in [0.25, 0.3) is 0 Å². The summed E-state index contributed by atoms with van der Waals surface area (Å²) in [6, 6.07) is 8.00. The predicted molar refractivity (Wildman–Crippen MR) is 96.6 cm³/mol. The van der Waals surface area contributed by atoms with E-state index in [0.717, 1.165) is 10.5 Å². The van der Waals surface area contributed by atoms with E-state index in [-0.39, 0.29) is 17.3 Å². The summed E-state index contributed by atoms with van der Waals surface area (Å²) in [5, 5.41) is 30.4. The number of ether oxygens (including phenoxy) is 1. The lowest BCUT2D eigenvalue weighted by Crippen LogP contribution is -2.42. The third kappa shape index (κ3) is 2.46. The molecule has 2 aliphatic rings. The van der Waals surface area contributed by atoms with Crippen molar-refractivity contribution < 1.29 is 29.6 Å². The number of aromatic hydroxyl groups is 1. The van der Waals surface area contributed by atoms with Crippen molar-refractivity contribution in [3.8, 4) is 11.5 Å². The first-order chi connectivity index (χ1) is 12.9. The van der Waals surface area contributed by atoms with E-state index >= 15 is 0 Å². The van der Waals surface area contributed by atoms with E-state index in [2.05, 4.69) is 0 Å². The lowest BCUT2D eigenvalue weighted by Gasteiger charge is -2.30. The Hall–Kier alpha value is -2.77. The maximum Gasteiger partial charge on any atom is 0.394 e. The number of hydrogen-bond donors (Lipinski definition) is 3. The van der Waals surface area contributed by atoms with E-state index in [0.29, 0.717) is 35.6 Å². The lowest BCUT2D eigenvalue weighted by molar-refractivity contribution is -0.148. The predicted octanol–water partition coefficient (Wildman–Crippen LogP) is 1.69. The molecule has 0 saturated heterocycles. The number of phenols is 1. The number of nitrogens with zero attached hydrogens (tertiary/aromatic N) is 1. The molecule has 0 aromatic heterocycles. The molecule has 1 amide bonds. The second-order valence-corrected chi connectivity index (χ2v) is 7.05. The quantitative estimate of drug-likeness (QED) is 0.675. The lowest BCUT2D eigenvalue weighted by atomic mass is 9.75. The number of anilines is 1. The fraction of sp³-hybridized carbons (Fsp3) is 0.263. The van der Waals surface area contributed by atoms with Crippen LogP contribution in [0.2, 0.25) is 5.02 Å². The molecule has 2 heterocycles. The number of rotatable bonds is 2. The van der Waals surface area contributed by atoms with E-state index in [1.807, 2.05) is 0 Å². The van der Waals surface area contributed by atoms with Gasteiger partial charge in [0.15, 0.2) is 0 Å². The van der Waals surface area contributed by atoms with Crippen LogP contribution in [0.4, 0.5) is 5.69 Å². The largest absolute Gasteiger partial charge is 0.507 e. The third-order valence-corrected chi connectivity index (χ3v) is 5.53. The van der Waals surface area contributed by atoms with Crippen LogP contribution in [0, 0.1) is 0 Å². The van der Waals surface area contributed by atoms with E-state index < -0.39 is 23.9 Å². The maximum absolute atomic E-state index is 12.2. The summed E-state index contributed by atoms with van der Waals surface area (Å²) in [5.74, 6) is -2.28. The van der Waals surface area contributed by atoms with Crippen LogP contribution in [0.25, 0.3) is 0 Å². The molecule has 1 atom stereocenters. The Balaban J connectivity index is 1.96. The molecule has 0 spiro atoms. The monoisotopic (exact) mass is 389 g/mol. The molecule has 3 N–H and O–H groups in total. The number of carbonyl (C=O) groups excluding carboxylic acids is 1. The van der Waals surface area contributed by atoms with Crippen molar-refractivity contribution in [1.29, 1.82) is 0 Å².